The maximum Gasteiger partial charge on any atom is 0.216 e. The molecule has 3 N–H and O–H groups in total. The van der Waals surface area contributed by atoms with Crippen LogP contribution in [0.25, 0.3) is 11.6 Å². The minimum atomic E-state index is 0. The fourth-order valence-electron chi connectivity index (χ4n) is 4.06. The second-order valence-corrected chi connectivity index (χ2v) is 7.34. The first kappa shape index (κ1) is 21.1. The fraction of sp³-hybridized carbons (Fsp3) is 0.632. The van der Waals surface area contributed by atoms with E-state index in [2.05, 4.69) is 42.6 Å². The Morgan fingerprint density at radius 2 is 2.21 bits per heavy atom. The molecule has 1 unspecified atom stereocenters. The number of rotatable bonds is 6. The third-order valence-corrected chi connectivity index (χ3v) is 5.41. The molecule has 2 aliphatic rings. The molecule has 8 nitrogen and oxygen atoms in total. The average Bonchev–Trinajstić information content (AvgIpc) is 3.48. The van der Waals surface area contributed by atoms with Gasteiger partial charge in [0.05, 0.1) is 6.26 Å². The fourth-order valence-corrected chi connectivity index (χ4v) is 4.06. The predicted octanol–water partition coefficient (Wildman–Crippen LogP) is 2.75. The van der Waals surface area contributed by atoms with Crippen molar-refractivity contribution in [3.8, 4) is 11.6 Å². The number of aliphatic imine (C=N–C) groups is 1. The number of hydrogen-bond donors (Lipinski definition) is 3. The molecule has 28 heavy (non-hydrogen) atoms. The number of hydrogen-bond acceptors (Lipinski definition) is 5. The first-order chi connectivity index (χ1) is 13.3. The second-order valence-electron chi connectivity index (χ2n) is 7.34. The van der Waals surface area contributed by atoms with Crippen molar-refractivity contribution >= 4 is 29.9 Å². The van der Waals surface area contributed by atoms with Gasteiger partial charge in [-0.2, -0.15) is 0 Å². The zero-order chi connectivity index (χ0) is 18.5. The van der Waals surface area contributed by atoms with Gasteiger partial charge < -0.3 is 15.1 Å². The minimum Gasteiger partial charge on any atom is -0.461 e. The van der Waals surface area contributed by atoms with Gasteiger partial charge in [0, 0.05) is 31.7 Å². The molecule has 0 bridgehead atoms. The summed E-state index contributed by atoms with van der Waals surface area (Å²) in [6, 6.07) is 4.92. The summed E-state index contributed by atoms with van der Waals surface area (Å²) in [5, 5.41) is 14.1. The van der Waals surface area contributed by atoms with Crippen molar-refractivity contribution in [3.63, 3.8) is 0 Å². The van der Waals surface area contributed by atoms with E-state index in [1.807, 2.05) is 12.1 Å². The summed E-state index contributed by atoms with van der Waals surface area (Å²) in [6.07, 6.45) is 8.30. The van der Waals surface area contributed by atoms with Gasteiger partial charge in [0.2, 0.25) is 5.82 Å². The molecule has 1 aliphatic heterocycles. The van der Waals surface area contributed by atoms with Gasteiger partial charge in [-0.05, 0) is 38.3 Å². The zero-order valence-electron chi connectivity index (χ0n) is 16.4. The predicted molar refractivity (Wildman–Crippen MR) is 120 cm³/mol. The van der Waals surface area contributed by atoms with Crippen molar-refractivity contribution in [1.82, 2.24) is 30.7 Å². The lowest BCUT2D eigenvalue weighted by molar-refractivity contribution is 0.242. The number of likely N-dealkylation sites (tertiary alicyclic amines) is 1. The quantitative estimate of drug-likeness (QED) is 0.322. The standard InChI is InChI=1S/C19H29N7O.HI/c1-2-20-19(22-14-9-10-26(13-14)15-6-3-4-7-15)21-12-17-23-18(25-24-17)16-8-5-11-27-16;/h5,8,11,14-15H,2-4,6-7,9-10,12-13H2,1H3,(H2,20,21,22)(H,23,24,25);1H. The van der Waals surface area contributed by atoms with Gasteiger partial charge in [0.15, 0.2) is 11.7 Å². The average molecular weight is 499 g/mol. The van der Waals surface area contributed by atoms with Crippen LogP contribution in [0.2, 0.25) is 0 Å². The van der Waals surface area contributed by atoms with E-state index in [0.29, 0.717) is 24.2 Å². The van der Waals surface area contributed by atoms with E-state index >= 15 is 0 Å². The Kier molecular flexibility index (Phi) is 7.72. The van der Waals surface area contributed by atoms with Gasteiger partial charge in [-0.1, -0.05) is 12.8 Å². The summed E-state index contributed by atoms with van der Waals surface area (Å²) in [4.78, 5) is 11.8. The van der Waals surface area contributed by atoms with E-state index in [1.54, 1.807) is 6.26 Å². The number of furan rings is 1. The Morgan fingerprint density at radius 3 is 2.96 bits per heavy atom. The molecule has 154 valence electrons. The van der Waals surface area contributed by atoms with E-state index < -0.39 is 0 Å². The van der Waals surface area contributed by atoms with Gasteiger partial charge >= 0.3 is 0 Å². The molecule has 1 atom stereocenters. The first-order valence-corrected chi connectivity index (χ1v) is 10.1. The molecule has 0 spiro atoms. The van der Waals surface area contributed by atoms with Gasteiger partial charge in [0.25, 0.3) is 0 Å². The first-order valence-electron chi connectivity index (χ1n) is 10.1. The van der Waals surface area contributed by atoms with Crippen molar-refractivity contribution < 1.29 is 4.42 Å². The van der Waals surface area contributed by atoms with Gasteiger partial charge in [-0.15, -0.1) is 29.1 Å². The van der Waals surface area contributed by atoms with Crippen molar-refractivity contribution in [1.29, 1.82) is 0 Å². The Balaban J connectivity index is 0.00000225. The molecule has 2 aromatic rings. The Labute approximate surface area is 183 Å². The molecule has 1 aliphatic carbocycles. The van der Waals surface area contributed by atoms with Gasteiger partial charge in [-0.25, -0.2) is 9.98 Å². The number of nitrogens with one attached hydrogen (secondary N) is 3. The largest absolute Gasteiger partial charge is 0.461 e. The number of aromatic nitrogens is 3. The SMILES string of the molecule is CCNC(=NCc1nc(-c2ccco2)n[nH]1)NC1CCN(C2CCCC2)C1.I. The lowest BCUT2D eigenvalue weighted by Gasteiger charge is -2.24. The van der Waals surface area contributed by atoms with Crippen LogP contribution >= 0.6 is 24.0 Å². The minimum absolute atomic E-state index is 0. The number of halogens is 1. The topological polar surface area (TPSA) is 94.4 Å². The Hall–Kier alpha value is -1.62. The van der Waals surface area contributed by atoms with Crippen molar-refractivity contribution in [3.05, 3.63) is 24.2 Å². The molecule has 2 fully saturated rings. The van der Waals surface area contributed by atoms with Crippen molar-refractivity contribution in [2.75, 3.05) is 19.6 Å². The molecule has 2 aromatic heterocycles. The monoisotopic (exact) mass is 499 g/mol. The molecule has 1 saturated carbocycles. The zero-order valence-corrected chi connectivity index (χ0v) is 18.7. The highest BCUT2D eigenvalue weighted by atomic mass is 127. The molecule has 3 heterocycles. The highest BCUT2D eigenvalue weighted by Gasteiger charge is 2.30. The summed E-state index contributed by atoms with van der Waals surface area (Å²) in [6.45, 7) is 5.66. The molecule has 0 aromatic carbocycles. The van der Waals surface area contributed by atoms with Crippen LogP contribution in [0.1, 0.15) is 44.9 Å². The molecular weight excluding hydrogens is 469 g/mol. The van der Waals surface area contributed by atoms with Crippen LogP contribution in [-0.4, -0.2) is 57.8 Å². The molecule has 0 radical (unpaired) electrons. The van der Waals surface area contributed by atoms with Crippen LogP contribution in [0.15, 0.2) is 27.8 Å². The normalized spacial score (nSPS) is 21.0. The number of H-pyrrole nitrogens is 1. The summed E-state index contributed by atoms with van der Waals surface area (Å²) in [5.74, 6) is 2.78. The van der Waals surface area contributed by atoms with E-state index in [1.165, 1.54) is 38.6 Å². The molecule has 0 amide bonds. The van der Waals surface area contributed by atoms with E-state index in [9.17, 15) is 0 Å². The summed E-state index contributed by atoms with van der Waals surface area (Å²) >= 11 is 0. The number of guanidine groups is 1. The Bertz CT molecular complexity index is 739. The second kappa shape index (κ2) is 10.2. The van der Waals surface area contributed by atoms with Crippen molar-refractivity contribution in [2.24, 2.45) is 4.99 Å². The summed E-state index contributed by atoms with van der Waals surface area (Å²) < 4.78 is 5.33. The highest BCUT2D eigenvalue weighted by Crippen LogP contribution is 2.26. The van der Waals surface area contributed by atoms with E-state index in [0.717, 1.165) is 30.9 Å². The van der Waals surface area contributed by atoms with Crippen LogP contribution in [-0.2, 0) is 6.54 Å². The van der Waals surface area contributed by atoms with Crippen LogP contribution in [0.4, 0.5) is 0 Å². The maximum atomic E-state index is 5.33. The highest BCUT2D eigenvalue weighted by molar-refractivity contribution is 14.0. The molecule has 1 saturated heterocycles. The van der Waals surface area contributed by atoms with Gasteiger partial charge in [0.1, 0.15) is 12.4 Å². The number of nitrogens with zero attached hydrogens (tertiary/aromatic N) is 4. The molecule has 9 heteroatoms. The lowest BCUT2D eigenvalue weighted by Crippen LogP contribution is -2.45. The van der Waals surface area contributed by atoms with Crippen LogP contribution in [0.3, 0.4) is 0 Å². The summed E-state index contributed by atoms with van der Waals surface area (Å²) in [5.41, 5.74) is 0. The van der Waals surface area contributed by atoms with Gasteiger partial charge in [-0.3, -0.25) is 10.00 Å². The summed E-state index contributed by atoms with van der Waals surface area (Å²) in [7, 11) is 0. The van der Waals surface area contributed by atoms with Crippen LogP contribution < -0.4 is 10.6 Å². The number of aromatic amines is 1. The third kappa shape index (κ3) is 5.25. The molecular formula is C19H30IN7O. The lowest BCUT2D eigenvalue weighted by atomic mass is 10.2. The smallest absolute Gasteiger partial charge is 0.216 e. The van der Waals surface area contributed by atoms with Crippen molar-refractivity contribution in [2.45, 2.75) is 57.7 Å². The van der Waals surface area contributed by atoms with E-state index in [4.69, 9.17) is 4.42 Å². The van der Waals surface area contributed by atoms with E-state index in [-0.39, 0.29) is 24.0 Å². The molecule has 4 rings (SSSR count). The maximum absolute atomic E-state index is 5.33. The van der Waals surface area contributed by atoms with Crippen LogP contribution in [0, 0.1) is 0 Å². The Morgan fingerprint density at radius 1 is 1.36 bits per heavy atom. The van der Waals surface area contributed by atoms with Crippen LogP contribution in [0.5, 0.6) is 0 Å². The third-order valence-electron chi connectivity index (χ3n) is 5.41.